The van der Waals surface area contributed by atoms with Crippen LogP contribution in [-0.2, 0) is 20.7 Å². The van der Waals surface area contributed by atoms with E-state index < -0.39 is 23.1 Å². The zero-order chi connectivity index (χ0) is 22.0. The number of hydrogen-bond donors (Lipinski definition) is 1. The van der Waals surface area contributed by atoms with Crippen LogP contribution in [0, 0.1) is 16.0 Å². The molecule has 1 aliphatic rings. The third-order valence-electron chi connectivity index (χ3n) is 5.06. The van der Waals surface area contributed by atoms with Crippen molar-refractivity contribution in [3.63, 3.8) is 0 Å². The van der Waals surface area contributed by atoms with Crippen LogP contribution in [0.15, 0.2) is 40.9 Å². The average Bonchev–Trinajstić information content (AvgIpc) is 3.08. The molecule has 0 spiro atoms. The Morgan fingerprint density at radius 3 is 2.70 bits per heavy atom. The number of nitrogens with zero attached hydrogens (tertiary/aromatic N) is 1. The molecule has 0 amide bonds. The lowest BCUT2D eigenvalue weighted by molar-refractivity contribution is -0.384. The SMILES string of the molecule is COC(C)OC(=O)C1=C(C)Nc2scc(CC(C)C)c2C1c1cccc([N+](=O)[O-])c1. The number of fused-ring (bicyclic) bond motifs is 1. The van der Waals surface area contributed by atoms with Gasteiger partial charge in [-0.25, -0.2) is 4.79 Å². The normalized spacial score (nSPS) is 16.8. The van der Waals surface area contributed by atoms with E-state index in [1.165, 1.54) is 19.2 Å². The van der Waals surface area contributed by atoms with Gasteiger partial charge in [-0.05, 0) is 42.7 Å². The summed E-state index contributed by atoms with van der Waals surface area (Å²) < 4.78 is 10.6. The maximum atomic E-state index is 13.1. The predicted molar refractivity (Wildman–Crippen MR) is 117 cm³/mol. The second-order valence-electron chi connectivity index (χ2n) is 7.76. The van der Waals surface area contributed by atoms with E-state index >= 15 is 0 Å². The van der Waals surface area contributed by atoms with Crippen molar-refractivity contribution < 1.29 is 19.2 Å². The summed E-state index contributed by atoms with van der Waals surface area (Å²) in [5, 5.41) is 17.8. The van der Waals surface area contributed by atoms with Gasteiger partial charge in [0.15, 0.2) is 6.29 Å². The van der Waals surface area contributed by atoms with Gasteiger partial charge >= 0.3 is 5.97 Å². The van der Waals surface area contributed by atoms with E-state index in [1.54, 1.807) is 24.3 Å². The summed E-state index contributed by atoms with van der Waals surface area (Å²) in [6, 6.07) is 6.47. The molecular weight excluding hydrogens is 404 g/mol. The molecule has 2 aromatic rings. The maximum Gasteiger partial charge on any atom is 0.339 e. The van der Waals surface area contributed by atoms with Crippen molar-refractivity contribution in [2.45, 2.75) is 46.3 Å². The molecule has 0 fully saturated rings. The second-order valence-corrected chi connectivity index (χ2v) is 8.64. The fourth-order valence-corrected chi connectivity index (χ4v) is 4.77. The van der Waals surface area contributed by atoms with Gasteiger partial charge in [0, 0.05) is 36.4 Å². The number of thiophene rings is 1. The van der Waals surface area contributed by atoms with Gasteiger partial charge in [-0.3, -0.25) is 10.1 Å². The lowest BCUT2D eigenvalue weighted by Gasteiger charge is -2.30. The monoisotopic (exact) mass is 430 g/mol. The fourth-order valence-electron chi connectivity index (χ4n) is 3.70. The molecule has 3 rings (SSSR count). The highest BCUT2D eigenvalue weighted by molar-refractivity contribution is 7.14. The smallest absolute Gasteiger partial charge is 0.339 e. The van der Waals surface area contributed by atoms with E-state index in [-0.39, 0.29) is 5.69 Å². The van der Waals surface area contributed by atoms with E-state index in [4.69, 9.17) is 9.47 Å². The number of allylic oxidation sites excluding steroid dienone is 1. The van der Waals surface area contributed by atoms with Crippen LogP contribution < -0.4 is 5.32 Å². The largest absolute Gasteiger partial charge is 0.433 e. The third-order valence-corrected chi connectivity index (χ3v) is 6.02. The number of non-ortho nitro benzene ring substituents is 1. The topological polar surface area (TPSA) is 90.7 Å². The molecule has 2 heterocycles. The molecule has 2 atom stereocenters. The summed E-state index contributed by atoms with van der Waals surface area (Å²) in [5.74, 6) is -0.540. The highest BCUT2D eigenvalue weighted by Gasteiger charge is 2.37. The third kappa shape index (κ3) is 4.39. The molecule has 1 N–H and O–H groups in total. The fraction of sp³-hybridized carbons (Fsp3) is 0.409. The van der Waals surface area contributed by atoms with Crippen molar-refractivity contribution in [1.29, 1.82) is 0 Å². The summed E-state index contributed by atoms with van der Waals surface area (Å²) in [5.41, 5.74) is 3.90. The van der Waals surface area contributed by atoms with Crippen LogP contribution in [-0.4, -0.2) is 24.3 Å². The Hall–Kier alpha value is -2.71. The van der Waals surface area contributed by atoms with E-state index in [0.29, 0.717) is 22.8 Å². The number of methoxy groups -OCH3 is 1. The number of carbonyl (C=O) groups excluding carboxylic acids is 1. The quantitative estimate of drug-likeness (QED) is 0.280. The van der Waals surface area contributed by atoms with Crippen LogP contribution in [0.25, 0.3) is 0 Å². The molecule has 0 radical (unpaired) electrons. The number of ether oxygens (including phenoxy) is 2. The average molecular weight is 431 g/mol. The van der Waals surface area contributed by atoms with Gasteiger partial charge < -0.3 is 14.8 Å². The number of esters is 1. The maximum absolute atomic E-state index is 13.1. The number of nitrogens with one attached hydrogen (secondary N) is 1. The zero-order valence-electron chi connectivity index (χ0n) is 17.7. The van der Waals surface area contributed by atoms with Gasteiger partial charge in [-0.15, -0.1) is 11.3 Å². The van der Waals surface area contributed by atoms with Crippen LogP contribution in [0.3, 0.4) is 0 Å². The minimum absolute atomic E-state index is 0.0103. The van der Waals surface area contributed by atoms with E-state index in [1.807, 2.05) is 13.0 Å². The highest BCUT2D eigenvalue weighted by atomic mass is 32.1. The van der Waals surface area contributed by atoms with Crippen LogP contribution in [0.5, 0.6) is 0 Å². The Morgan fingerprint density at radius 1 is 1.33 bits per heavy atom. The molecule has 0 saturated carbocycles. The number of benzene rings is 1. The van der Waals surface area contributed by atoms with E-state index in [9.17, 15) is 14.9 Å². The highest BCUT2D eigenvalue weighted by Crippen LogP contribution is 2.48. The molecule has 8 heteroatoms. The second kappa shape index (κ2) is 8.97. The molecule has 0 bridgehead atoms. The number of nitro benzene ring substituents is 1. The summed E-state index contributed by atoms with van der Waals surface area (Å²) in [6.07, 6.45) is 0.136. The van der Waals surface area contributed by atoms with Crippen molar-refractivity contribution in [3.8, 4) is 0 Å². The minimum Gasteiger partial charge on any atom is -0.433 e. The molecule has 1 aliphatic heterocycles. The predicted octanol–water partition coefficient (Wildman–Crippen LogP) is 5.22. The molecule has 7 nitrogen and oxygen atoms in total. The summed E-state index contributed by atoms with van der Waals surface area (Å²) in [7, 11) is 1.47. The van der Waals surface area contributed by atoms with Crippen LogP contribution in [0.4, 0.5) is 10.7 Å². The van der Waals surface area contributed by atoms with Gasteiger partial charge in [0.25, 0.3) is 5.69 Å². The van der Waals surface area contributed by atoms with Gasteiger partial charge in [0.2, 0.25) is 0 Å². The van der Waals surface area contributed by atoms with Crippen molar-refractivity contribution in [3.05, 3.63) is 67.7 Å². The zero-order valence-corrected chi connectivity index (χ0v) is 18.5. The molecule has 0 aliphatic carbocycles. The van der Waals surface area contributed by atoms with Crippen LogP contribution in [0.1, 0.15) is 50.3 Å². The van der Waals surface area contributed by atoms with Gasteiger partial charge in [-0.1, -0.05) is 26.0 Å². The number of carbonyl (C=O) groups is 1. The lowest BCUT2D eigenvalue weighted by Crippen LogP contribution is -2.27. The van der Waals surface area contributed by atoms with Gasteiger partial charge in [0.05, 0.1) is 15.5 Å². The summed E-state index contributed by atoms with van der Waals surface area (Å²) in [4.78, 5) is 24.1. The first-order valence-electron chi connectivity index (χ1n) is 9.79. The van der Waals surface area contributed by atoms with Gasteiger partial charge in [-0.2, -0.15) is 0 Å². The molecular formula is C22H26N2O5S. The van der Waals surface area contributed by atoms with E-state index in [2.05, 4.69) is 24.5 Å². The molecule has 0 saturated heterocycles. The first-order chi connectivity index (χ1) is 14.2. The van der Waals surface area contributed by atoms with E-state index in [0.717, 1.165) is 22.5 Å². The van der Waals surface area contributed by atoms with Crippen molar-refractivity contribution in [1.82, 2.24) is 0 Å². The van der Waals surface area contributed by atoms with Crippen molar-refractivity contribution >= 4 is 28.0 Å². The molecule has 30 heavy (non-hydrogen) atoms. The number of hydrogen-bond acceptors (Lipinski definition) is 7. The molecule has 2 unspecified atom stereocenters. The summed E-state index contributed by atoms with van der Waals surface area (Å²) in [6.45, 7) is 7.74. The molecule has 1 aromatic carbocycles. The Kier molecular flexibility index (Phi) is 6.58. The van der Waals surface area contributed by atoms with Crippen LogP contribution in [0.2, 0.25) is 0 Å². The molecule has 1 aromatic heterocycles. The Labute approximate surface area is 179 Å². The van der Waals surface area contributed by atoms with Gasteiger partial charge in [0.1, 0.15) is 0 Å². The Morgan fingerprint density at radius 2 is 2.07 bits per heavy atom. The van der Waals surface area contributed by atoms with Crippen LogP contribution >= 0.6 is 11.3 Å². The number of rotatable bonds is 7. The Bertz CT molecular complexity index is 995. The summed E-state index contributed by atoms with van der Waals surface area (Å²) >= 11 is 1.58. The first kappa shape index (κ1) is 22.0. The Balaban J connectivity index is 2.18. The standard InChI is InChI=1S/C22H26N2O5S/c1-12(2)9-16-11-30-21-20(16)19(15-7-6-8-17(10-15)24(26)27)18(13(3)23-21)22(25)29-14(4)28-5/h6-8,10-12,14,19,23H,9H2,1-5H3. The first-order valence-corrected chi connectivity index (χ1v) is 10.7. The minimum atomic E-state index is -0.706. The molecule has 160 valence electrons. The number of anilines is 1. The van der Waals surface area contributed by atoms with Crippen molar-refractivity contribution in [2.75, 3.05) is 12.4 Å². The van der Waals surface area contributed by atoms with Crippen molar-refractivity contribution in [2.24, 2.45) is 5.92 Å². The number of nitro groups is 1. The lowest BCUT2D eigenvalue weighted by atomic mass is 9.80.